The smallest absolute Gasteiger partial charge is 0.256 e. The van der Waals surface area contributed by atoms with Gasteiger partial charge in [0.15, 0.2) is 0 Å². The second-order valence-corrected chi connectivity index (χ2v) is 7.62. The van der Waals surface area contributed by atoms with E-state index in [9.17, 15) is 14.7 Å². The van der Waals surface area contributed by atoms with E-state index in [0.717, 1.165) is 11.1 Å². The predicted octanol–water partition coefficient (Wildman–Crippen LogP) is 4.57. The highest BCUT2D eigenvalue weighted by atomic mass is 79.9. The molecule has 0 aliphatic carbocycles. The van der Waals surface area contributed by atoms with Crippen molar-refractivity contribution < 1.29 is 14.7 Å². The summed E-state index contributed by atoms with van der Waals surface area (Å²) >= 11 is 3.37. The van der Waals surface area contributed by atoms with Gasteiger partial charge in [0.2, 0.25) is 0 Å². The largest absolute Gasteiger partial charge is 0.508 e. The first kappa shape index (κ1) is 21.3. The second kappa shape index (κ2) is 9.89. The van der Waals surface area contributed by atoms with Gasteiger partial charge in [-0.3, -0.25) is 9.59 Å². The lowest BCUT2D eigenvalue weighted by atomic mass is 10.1. The number of nitrogens with one attached hydrogen (secondary N) is 2. The number of amides is 2. The summed E-state index contributed by atoms with van der Waals surface area (Å²) in [5.41, 5.74) is 3.26. The van der Waals surface area contributed by atoms with Crippen LogP contribution in [0.25, 0.3) is 0 Å². The maximum absolute atomic E-state index is 12.6. The molecule has 0 saturated heterocycles. The molecule has 0 aromatic heterocycles. The third-order valence-corrected chi connectivity index (χ3v) is 5.05. The van der Waals surface area contributed by atoms with E-state index in [1.54, 1.807) is 36.4 Å². The summed E-state index contributed by atoms with van der Waals surface area (Å²) in [6, 6.07) is 21.2. The summed E-state index contributed by atoms with van der Waals surface area (Å²) in [6.07, 6.45) is 0.541. The maximum atomic E-state index is 12.6. The number of allylic oxidation sites excluding steroid dienone is 1. The molecule has 152 valence electrons. The first-order chi connectivity index (χ1) is 14.4. The molecule has 0 spiro atoms. The van der Waals surface area contributed by atoms with Crippen LogP contribution in [-0.2, 0) is 13.0 Å². The van der Waals surface area contributed by atoms with Crippen molar-refractivity contribution >= 4 is 27.7 Å². The maximum Gasteiger partial charge on any atom is 0.256 e. The molecule has 3 aromatic rings. The Morgan fingerprint density at radius 1 is 0.900 bits per heavy atom. The Balaban J connectivity index is 1.60. The van der Waals surface area contributed by atoms with Crippen LogP contribution < -0.4 is 10.6 Å². The highest BCUT2D eigenvalue weighted by Gasteiger charge is 2.14. The van der Waals surface area contributed by atoms with Gasteiger partial charge in [-0.15, -0.1) is 0 Å². The van der Waals surface area contributed by atoms with Crippen molar-refractivity contribution in [3.05, 3.63) is 112 Å². The van der Waals surface area contributed by atoms with Crippen molar-refractivity contribution in [2.24, 2.45) is 0 Å². The topological polar surface area (TPSA) is 78.4 Å². The number of phenols is 1. The lowest BCUT2D eigenvalue weighted by Gasteiger charge is -2.11. The fourth-order valence-electron chi connectivity index (χ4n) is 2.91. The quantitative estimate of drug-likeness (QED) is 0.479. The van der Waals surface area contributed by atoms with Gasteiger partial charge in [-0.25, -0.2) is 0 Å². The number of benzene rings is 3. The van der Waals surface area contributed by atoms with Crippen LogP contribution in [0.2, 0.25) is 0 Å². The fourth-order valence-corrected chi connectivity index (χ4v) is 3.46. The van der Waals surface area contributed by atoms with Crippen LogP contribution in [-0.4, -0.2) is 16.9 Å². The van der Waals surface area contributed by atoms with E-state index in [0.29, 0.717) is 27.7 Å². The highest BCUT2D eigenvalue weighted by molar-refractivity contribution is 9.10. The van der Waals surface area contributed by atoms with Crippen LogP contribution in [0.4, 0.5) is 0 Å². The van der Waals surface area contributed by atoms with E-state index in [1.165, 1.54) is 0 Å². The molecular weight excluding hydrogens is 444 g/mol. The van der Waals surface area contributed by atoms with Crippen molar-refractivity contribution in [2.75, 3.05) is 0 Å². The molecular formula is C24H21BrN2O3. The molecule has 30 heavy (non-hydrogen) atoms. The van der Waals surface area contributed by atoms with Crippen LogP contribution >= 0.6 is 15.9 Å². The number of hydrogen-bond donors (Lipinski definition) is 3. The highest BCUT2D eigenvalue weighted by Crippen LogP contribution is 2.20. The molecule has 0 saturated carbocycles. The second-order valence-electron chi connectivity index (χ2n) is 6.77. The summed E-state index contributed by atoms with van der Waals surface area (Å²) in [5, 5.41) is 15.1. The van der Waals surface area contributed by atoms with Gasteiger partial charge in [-0.05, 0) is 57.4 Å². The molecule has 0 aliphatic rings. The third-order valence-electron chi connectivity index (χ3n) is 4.39. The number of carbonyl (C=O) groups excluding carboxylic acids is 2. The lowest BCUT2D eigenvalue weighted by Crippen LogP contribution is -2.25. The average Bonchev–Trinajstić information content (AvgIpc) is 2.72. The normalized spacial score (nSPS) is 10.3. The fraction of sp³-hybridized carbons (Fsp3) is 0.0833. The molecule has 3 N–H and O–H groups in total. The Kier molecular flexibility index (Phi) is 7.03. The molecule has 0 atom stereocenters. The SMILES string of the molecule is C=C(Cc1ccccc1)NC(=O)c1ccc(C(=O)NCc2cccc(O)c2)cc1Br. The first-order valence-electron chi connectivity index (χ1n) is 9.31. The van der Waals surface area contributed by atoms with Gasteiger partial charge in [-0.1, -0.05) is 49.0 Å². The summed E-state index contributed by atoms with van der Waals surface area (Å²) < 4.78 is 0.512. The van der Waals surface area contributed by atoms with Crippen molar-refractivity contribution in [3.63, 3.8) is 0 Å². The average molecular weight is 465 g/mol. The monoisotopic (exact) mass is 464 g/mol. The van der Waals surface area contributed by atoms with E-state index in [-0.39, 0.29) is 24.1 Å². The minimum absolute atomic E-state index is 0.147. The number of rotatable bonds is 7. The van der Waals surface area contributed by atoms with E-state index >= 15 is 0 Å². The summed E-state index contributed by atoms with van der Waals surface area (Å²) in [4.78, 5) is 25.0. The Labute approximate surface area is 183 Å². The zero-order valence-corrected chi connectivity index (χ0v) is 17.8. The zero-order valence-electron chi connectivity index (χ0n) is 16.2. The van der Waals surface area contributed by atoms with Gasteiger partial charge in [0.05, 0.1) is 5.56 Å². The summed E-state index contributed by atoms with van der Waals surface area (Å²) in [5.74, 6) is -0.428. The standard InChI is InChI=1S/C24H21BrN2O3/c1-16(12-17-6-3-2-4-7-17)27-24(30)21-11-10-19(14-22(21)25)23(29)26-15-18-8-5-9-20(28)13-18/h2-11,13-14,28H,1,12,15H2,(H,26,29)(H,27,30). The van der Waals surface area contributed by atoms with Crippen LogP contribution in [0.1, 0.15) is 31.8 Å². The van der Waals surface area contributed by atoms with E-state index in [4.69, 9.17) is 0 Å². The summed E-state index contributed by atoms with van der Waals surface area (Å²) in [7, 11) is 0. The number of aromatic hydroxyl groups is 1. The minimum atomic E-state index is -0.297. The minimum Gasteiger partial charge on any atom is -0.508 e. The van der Waals surface area contributed by atoms with Crippen LogP contribution in [0.5, 0.6) is 5.75 Å². The third kappa shape index (κ3) is 5.81. The Bertz CT molecular complexity index is 1080. The first-order valence-corrected chi connectivity index (χ1v) is 10.1. The summed E-state index contributed by atoms with van der Waals surface area (Å²) in [6.45, 7) is 4.21. The van der Waals surface area contributed by atoms with E-state index < -0.39 is 0 Å². The predicted molar refractivity (Wildman–Crippen MR) is 120 cm³/mol. The van der Waals surface area contributed by atoms with Crippen molar-refractivity contribution in [1.29, 1.82) is 0 Å². The van der Waals surface area contributed by atoms with Crippen molar-refractivity contribution in [1.82, 2.24) is 10.6 Å². The van der Waals surface area contributed by atoms with Gasteiger partial charge in [0, 0.05) is 28.7 Å². The number of carbonyl (C=O) groups is 2. The molecule has 3 aromatic carbocycles. The molecule has 0 radical (unpaired) electrons. The zero-order chi connectivity index (χ0) is 21.5. The van der Waals surface area contributed by atoms with Gasteiger partial charge in [-0.2, -0.15) is 0 Å². The van der Waals surface area contributed by atoms with Gasteiger partial charge >= 0.3 is 0 Å². The Hall–Kier alpha value is -3.38. The molecule has 0 aliphatic heterocycles. The lowest BCUT2D eigenvalue weighted by molar-refractivity contribution is 0.0943. The van der Waals surface area contributed by atoms with Crippen molar-refractivity contribution in [2.45, 2.75) is 13.0 Å². The molecule has 2 amide bonds. The number of hydrogen-bond acceptors (Lipinski definition) is 3. The molecule has 5 nitrogen and oxygen atoms in total. The molecule has 6 heteroatoms. The molecule has 0 heterocycles. The van der Waals surface area contributed by atoms with Crippen LogP contribution in [0.3, 0.4) is 0 Å². The molecule has 0 fully saturated rings. The Morgan fingerprint density at radius 2 is 1.63 bits per heavy atom. The van der Waals surface area contributed by atoms with Crippen LogP contribution in [0.15, 0.2) is 89.5 Å². The molecule has 0 bridgehead atoms. The molecule has 0 unspecified atom stereocenters. The van der Waals surface area contributed by atoms with Crippen LogP contribution in [0, 0.1) is 0 Å². The number of halogens is 1. The Morgan fingerprint density at radius 3 is 2.33 bits per heavy atom. The van der Waals surface area contributed by atoms with Gasteiger partial charge in [0.25, 0.3) is 11.8 Å². The van der Waals surface area contributed by atoms with Gasteiger partial charge in [0.1, 0.15) is 5.75 Å². The van der Waals surface area contributed by atoms with Gasteiger partial charge < -0.3 is 15.7 Å². The van der Waals surface area contributed by atoms with Crippen molar-refractivity contribution in [3.8, 4) is 5.75 Å². The molecule has 3 rings (SSSR count). The van der Waals surface area contributed by atoms with E-state index in [1.807, 2.05) is 36.4 Å². The number of phenolic OH excluding ortho intramolecular Hbond substituents is 1. The van der Waals surface area contributed by atoms with E-state index in [2.05, 4.69) is 33.1 Å².